The van der Waals surface area contributed by atoms with E-state index in [1.54, 1.807) is 18.2 Å². The van der Waals surface area contributed by atoms with Crippen LogP contribution in [0, 0.1) is 6.92 Å². The number of carbonyl (C=O) groups is 1. The molecule has 2 rings (SSSR count). The third-order valence-electron chi connectivity index (χ3n) is 4.16. The van der Waals surface area contributed by atoms with Crippen molar-refractivity contribution < 1.29 is 17.9 Å². The minimum Gasteiger partial charge on any atom is -0.376 e. The van der Waals surface area contributed by atoms with Gasteiger partial charge in [0.15, 0.2) is 0 Å². The predicted molar refractivity (Wildman–Crippen MR) is 99.6 cm³/mol. The van der Waals surface area contributed by atoms with Crippen molar-refractivity contribution in [2.45, 2.75) is 38.7 Å². The molecule has 1 atom stereocenters. The highest BCUT2D eigenvalue weighted by molar-refractivity contribution is 7.92. The molecule has 1 aliphatic rings. The van der Waals surface area contributed by atoms with E-state index >= 15 is 0 Å². The van der Waals surface area contributed by atoms with Crippen molar-refractivity contribution in [2.75, 3.05) is 30.3 Å². The lowest BCUT2D eigenvalue weighted by Gasteiger charge is -2.24. The highest BCUT2D eigenvalue weighted by atomic mass is 35.5. The number of rotatable bonds is 8. The topological polar surface area (TPSA) is 75.7 Å². The summed E-state index contributed by atoms with van der Waals surface area (Å²) in [6.07, 6.45) is 3.95. The van der Waals surface area contributed by atoms with Gasteiger partial charge in [-0.05, 0) is 43.9 Å². The summed E-state index contributed by atoms with van der Waals surface area (Å²) >= 11 is 6.00. The molecule has 0 bridgehead atoms. The van der Waals surface area contributed by atoms with Crippen molar-refractivity contribution >= 4 is 33.2 Å². The van der Waals surface area contributed by atoms with Crippen molar-refractivity contribution in [3.05, 3.63) is 28.8 Å². The number of aryl methyl sites for hydroxylation is 1. The number of hydrogen-bond donors (Lipinski definition) is 1. The molecule has 0 saturated carbocycles. The lowest BCUT2D eigenvalue weighted by molar-refractivity contribution is -0.121. The second kappa shape index (κ2) is 8.87. The highest BCUT2D eigenvalue weighted by Crippen LogP contribution is 2.26. The van der Waals surface area contributed by atoms with E-state index < -0.39 is 10.0 Å². The molecule has 1 amide bonds. The molecule has 0 aliphatic carbocycles. The number of anilines is 1. The molecule has 0 unspecified atom stereocenters. The zero-order valence-corrected chi connectivity index (χ0v) is 16.2. The molecule has 0 spiro atoms. The Balaban J connectivity index is 1.90. The fraction of sp³-hybridized carbons (Fsp3) is 0.588. The zero-order valence-electron chi connectivity index (χ0n) is 14.6. The normalized spacial score (nSPS) is 17.5. The Morgan fingerprint density at radius 3 is 2.84 bits per heavy atom. The van der Waals surface area contributed by atoms with Gasteiger partial charge in [-0.15, -0.1) is 0 Å². The van der Waals surface area contributed by atoms with Crippen LogP contribution < -0.4 is 9.62 Å². The molecule has 6 nitrogen and oxygen atoms in total. The number of sulfonamides is 1. The maximum absolute atomic E-state index is 12.1. The second-order valence-corrected chi connectivity index (χ2v) is 8.65. The second-order valence-electron chi connectivity index (χ2n) is 6.31. The first-order chi connectivity index (χ1) is 11.8. The molecular weight excluding hydrogens is 364 g/mol. The molecule has 1 aromatic carbocycles. The van der Waals surface area contributed by atoms with Gasteiger partial charge >= 0.3 is 0 Å². The molecule has 0 aromatic heterocycles. The summed E-state index contributed by atoms with van der Waals surface area (Å²) in [6, 6.07) is 5.14. The van der Waals surface area contributed by atoms with Gasteiger partial charge in [-0.3, -0.25) is 9.10 Å². The van der Waals surface area contributed by atoms with E-state index in [0.717, 1.165) is 31.3 Å². The Kier molecular flexibility index (Phi) is 7.10. The molecule has 1 saturated heterocycles. The van der Waals surface area contributed by atoms with Crippen molar-refractivity contribution in [2.24, 2.45) is 0 Å². The molecule has 1 N–H and O–H groups in total. The lowest BCUT2D eigenvalue weighted by Crippen LogP contribution is -2.34. The number of amides is 1. The Morgan fingerprint density at radius 1 is 1.44 bits per heavy atom. The van der Waals surface area contributed by atoms with E-state index in [0.29, 0.717) is 23.7 Å². The first-order valence-corrected chi connectivity index (χ1v) is 10.6. The molecule has 1 heterocycles. The highest BCUT2D eigenvalue weighted by Gasteiger charge is 2.20. The number of ether oxygens (including phenoxy) is 1. The number of nitrogens with zero attached hydrogens (tertiary/aromatic N) is 1. The summed E-state index contributed by atoms with van der Waals surface area (Å²) < 4.78 is 31.0. The zero-order chi connectivity index (χ0) is 18.4. The summed E-state index contributed by atoms with van der Waals surface area (Å²) in [6.45, 7) is 3.33. The van der Waals surface area contributed by atoms with E-state index in [9.17, 15) is 13.2 Å². The van der Waals surface area contributed by atoms with Crippen LogP contribution in [0.25, 0.3) is 0 Å². The van der Waals surface area contributed by atoms with Gasteiger partial charge in [0, 0.05) is 31.1 Å². The van der Waals surface area contributed by atoms with Crippen LogP contribution in [0.15, 0.2) is 18.2 Å². The predicted octanol–water partition coefficient (Wildman–Crippen LogP) is 2.49. The van der Waals surface area contributed by atoms with Gasteiger partial charge in [-0.1, -0.05) is 17.7 Å². The summed E-state index contributed by atoms with van der Waals surface area (Å²) in [5, 5.41) is 3.32. The van der Waals surface area contributed by atoms with Crippen molar-refractivity contribution in [1.82, 2.24) is 5.32 Å². The van der Waals surface area contributed by atoms with Gasteiger partial charge in [0.25, 0.3) is 0 Å². The Labute approximate surface area is 154 Å². The van der Waals surface area contributed by atoms with Crippen LogP contribution in [-0.2, 0) is 19.6 Å². The SMILES string of the molecule is Cc1ccc(Cl)cc1N(CCCC(=O)NC[C@@H]1CCCO1)S(C)(=O)=O. The lowest BCUT2D eigenvalue weighted by atomic mass is 10.2. The number of carbonyl (C=O) groups excluding carboxylic acids is 1. The van der Waals surface area contributed by atoms with Crippen LogP contribution in [0.2, 0.25) is 5.02 Å². The molecule has 8 heteroatoms. The number of nitrogens with one attached hydrogen (secondary N) is 1. The van der Waals surface area contributed by atoms with E-state index in [1.165, 1.54) is 4.31 Å². The van der Waals surface area contributed by atoms with Gasteiger partial charge in [0.2, 0.25) is 15.9 Å². The molecule has 25 heavy (non-hydrogen) atoms. The van der Waals surface area contributed by atoms with Crippen LogP contribution >= 0.6 is 11.6 Å². The van der Waals surface area contributed by atoms with Gasteiger partial charge in [0.05, 0.1) is 18.0 Å². The summed E-state index contributed by atoms with van der Waals surface area (Å²) in [4.78, 5) is 11.9. The van der Waals surface area contributed by atoms with Crippen molar-refractivity contribution in [3.63, 3.8) is 0 Å². The van der Waals surface area contributed by atoms with Crippen LogP contribution in [0.3, 0.4) is 0 Å². The Hall–Kier alpha value is -1.31. The number of benzene rings is 1. The fourth-order valence-corrected chi connectivity index (χ4v) is 4.00. The van der Waals surface area contributed by atoms with Crippen LogP contribution in [0.1, 0.15) is 31.2 Å². The van der Waals surface area contributed by atoms with Gasteiger partial charge in [-0.25, -0.2) is 8.42 Å². The molecule has 0 radical (unpaired) electrons. The van der Waals surface area contributed by atoms with Crippen LogP contribution in [0.4, 0.5) is 5.69 Å². The van der Waals surface area contributed by atoms with Gasteiger partial charge < -0.3 is 10.1 Å². The van der Waals surface area contributed by atoms with E-state index in [1.807, 2.05) is 6.92 Å². The number of hydrogen-bond acceptors (Lipinski definition) is 4. The number of halogens is 1. The molecular formula is C17H25ClN2O4S. The molecule has 1 aromatic rings. The van der Waals surface area contributed by atoms with Gasteiger partial charge in [0.1, 0.15) is 0 Å². The third kappa shape index (κ3) is 6.17. The standard InChI is InChI=1S/C17H25ClN2O4S/c1-13-7-8-14(18)11-16(13)20(25(2,22)23)9-3-6-17(21)19-12-15-5-4-10-24-15/h7-8,11,15H,3-6,9-10,12H2,1-2H3,(H,19,21)/t15-/m0/s1. The largest absolute Gasteiger partial charge is 0.376 e. The molecule has 1 aliphatic heterocycles. The summed E-state index contributed by atoms with van der Waals surface area (Å²) in [5.41, 5.74) is 1.37. The van der Waals surface area contributed by atoms with E-state index in [2.05, 4.69) is 5.32 Å². The van der Waals surface area contributed by atoms with Crippen LogP contribution in [-0.4, -0.2) is 46.4 Å². The third-order valence-corrected chi connectivity index (χ3v) is 5.57. The van der Waals surface area contributed by atoms with E-state index in [4.69, 9.17) is 16.3 Å². The maximum atomic E-state index is 12.1. The minimum atomic E-state index is -3.46. The quantitative estimate of drug-likeness (QED) is 0.742. The van der Waals surface area contributed by atoms with Crippen molar-refractivity contribution in [3.8, 4) is 0 Å². The van der Waals surface area contributed by atoms with Gasteiger partial charge in [-0.2, -0.15) is 0 Å². The Bertz CT molecular complexity index is 703. The average molecular weight is 389 g/mol. The molecule has 1 fully saturated rings. The minimum absolute atomic E-state index is 0.0910. The maximum Gasteiger partial charge on any atom is 0.232 e. The van der Waals surface area contributed by atoms with E-state index in [-0.39, 0.29) is 25.0 Å². The average Bonchev–Trinajstić information content (AvgIpc) is 3.04. The first-order valence-electron chi connectivity index (χ1n) is 8.39. The fourth-order valence-electron chi connectivity index (χ4n) is 2.82. The Morgan fingerprint density at radius 2 is 2.20 bits per heavy atom. The smallest absolute Gasteiger partial charge is 0.232 e. The summed E-state index contributed by atoms with van der Waals surface area (Å²) in [7, 11) is -3.46. The summed E-state index contributed by atoms with van der Waals surface area (Å²) in [5.74, 6) is -0.0910. The monoisotopic (exact) mass is 388 g/mol. The first kappa shape index (κ1) is 20.0. The van der Waals surface area contributed by atoms with Crippen LogP contribution in [0.5, 0.6) is 0 Å². The van der Waals surface area contributed by atoms with Crippen molar-refractivity contribution in [1.29, 1.82) is 0 Å². The molecule has 140 valence electrons.